The van der Waals surface area contributed by atoms with Crippen molar-refractivity contribution in [1.29, 1.82) is 0 Å². The van der Waals surface area contributed by atoms with Gasteiger partial charge in [-0.1, -0.05) is 70.2 Å². The first-order valence-corrected chi connectivity index (χ1v) is 10.3. The van der Waals surface area contributed by atoms with Gasteiger partial charge in [-0.05, 0) is 41.8 Å². The van der Waals surface area contributed by atoms with Gasteiger partial charge >= 0.3 is 0 Å². The molecule has 0 radical (unpaired) electrons. The molecule has 2 aromatic carbocycles. The molecular formula is C24H34O3. The van der Waals surface area contributed by atoms with E-state index in [-0.39, 0.29) is 12.5 Å². The van der Waals surface area contributed by atoms with Crippen molar-refractivity contribution in [2.45, 2.75) is 52.4 Å². The molecule has 27 heavy (non-hydrogen) atoms. The van der Waals surface area contributed by atoms with E-state index >= 15 is 0 Å². The predicted molar refractivity (Wildman–Crippen MR) is 112 cm³/mol. The van der Waals surface area contributed by atoms with E-state index in [9.17, 15) is 0 Å². The van der Waals surface area contributed by atoms with Crippen LogP contribution in [0.1, 0.15) is 52.4 Å². The van der Waals surface area contributed by atoms with Crippen molar-refractivity contribution in [1.82, 2.24) is 0 Å². The van der Waals surface area contributed by atoms with Crippen LogP contribution in [0.25, 0.3) is 11.1 Å². The fourth-order valence-corrected chi connectivity index (χ4v) is 2.85. The Morgan fingerprint density at radius 3 is 1.81 bits per heavy atom. The second kappa shape index (κ2) is 12.4. The van der Waals surface area contributed by atoms with Crippen molar-refractivity contribution in [3.8, 4) is 22.6 Å². The minimum atomic E-state index is 0.144. The highest BCUT2D eigenvalue weighted by molar-refractivity contribution is 5.64. The third-order valence-corrected chi connectivity index (χ3v) is 4.65. The molecule has 3 heteroatoms. The molecule has 0 saturated carbocycles. The molecule has 0 bridgehead atoms. The van der Waals surface area contributed by atoms with Gasteiger partial charge in [-0.2, -0.15) is 0 Å². The lowest BCUT2D eigenvalue weighted by Crippen LogP contribution is -2.11. The van der Waals surface area contributed by atoms with Crippen LogP contribution < -0.4 is 9.47 Å². The average Bonchev–Trinajstić information content (AvgIpc) is 2.72. The SMILES string of the molecule is CCCCCCCCOc1ccc(-c2ccc(OC[C@H](C)CO)cc2)cc1. The summed E-state index contributed by atoms with van der Waals surface area (Å²) in [5.41, 5.74) is 2.32. The number of hydrogen-bond acceptors (Lipinski definition) is 3. The van der Waals surface area contributed by atoms with Crippen molar-refractivity contribution in [2.75, 3.05) is 19.8 Å². The lowest BCUT2D eigenvalue weighted by atomic mass is 10.1. The summed E-state index contributed by atoms with van der Waals surface area (Å²) in [6.07, 6.45) is 7.67. The van der Waals surface area contributed by atoms with E-state index in [1.807, 2.05) is 31.2 Å². The first kappa shape index (κ1) is 21.3. The second-order valence-electron chi connectivity index (χ2n) is 7.26. The molecule has 0 aromatic heterocycles. The largest absolute Gasteiger partial charge is 0.494 e. The molecule has 2 rings (SSSR count). The summed E-state index contributed by atoms with van der Waals surface area (Å²) in [5.74, 6) is 1.91. The monoisotopic (exact) mass is 370 g/mol. The quantitative estimate of drug-likeness (QED) is 0.433. The van der Waals surface area contributed by atoms with Gasteiger partial charge < -0.3 is 14.6 Å². The lowest BCUT2D eigenvalue weighted by Gasteiger charge is -2.11. The Morgan fingerprint density at radius 1 is 0.741 bits per heavy atom. The highest BCUT2D eigenvalue weighted by Crippen LogP contribution is 2.25. The molecule has 2 aromatic rings. The molecule has 0 spiro atoms. The highest BCUT2D eigenvalue weighted by Gasteiger charge is 2.03. The fourth-order valence-electron chi connectivity index (χ4n) is 2.85. The van der Waals surface area contributed by atoms with Gasteiger partial charge in [-0.3, -0.25) is 0 Å². The maximum Gasteiger partial charge on any atom is 0.119 e. The van der Waals surface area contributed by atoms with Crippen LogP contribution in [0, 0.1) is 5.92 Å². The molecule has 0 unspecified atom stereocenters. The van der Waals surface area contributed by atoms with Gasteiger partial charge in [0, 0.05) is 12.5 Å². The van der Waals surface area contributed by atoms with Gasteiger partial charge in [-0.15, -0.1) is 0 Å². The summed E-state index contributed by atoms with van der Waals surface area (Å²) < 4.78 is 11.5. The smallest absolute Gasteiger partial charge is 0.119 e. The number of rotatable bonds is 13. The fraction of sp³-hybridized carbons (Fsp3) is 0.500. The maximum atomic E-state index is 9.05. The Morgan fingerprint density at radius 2 is 1.26 bits per heavy atom. The van der Waals surface area contributed by atoms with Crippen molar-refractivity contribution >= 4 is 0 Å². The van der Waals surface area contributed by atoms with Gasteiger partial charge in [-0.25, -0.2) is 0 Å². The minimum absolute atomic E-state index is 0.144. The van der Waals surface area contributed by atoms with Crippen LogP contribution in [0.2, 0.25) is 0 Å². The van der Waals surface area contributed by atoms with Gasteiger partial charge in [0.25, 0.3) is 0 Å². The van der Waals surface area contributed by atoms with E-state index < -0.39 is 0 Å². The van der Waals surface area contributed by atoms with Crippen molar-refractivity contribution < 1.29 is 14.6 Å². The number of aliphatic hydroxyl groups excluding tert-OH is 1. The zero-order valence-electron chi connectivity index (χ0n) is 16.8. The zero-order chi connectivity index (χ0) is 19.3. The molecule has 1 N–H and O–H groups in total. The van der Waals surface area contributed by atoms with Crippen molar-refractivity contribution in [3.05, 3.63) is 48.5 Å². The molecule has 3 nitrogen and oxygen atoms in total. The van der Waals surface area contributed by atoms with Gasteiger partial charge in [0.2, 0.25) is 0 Å². The third-order valence-electron chi connectivity index (χ3n) is 4.65. The van der Waals surface area contributed by atoms with Crippen LogP contribution in [0.3, 0.4) is 0 Å². The molecule has 1 atom stereocenters. The Hall–Kier alpha value is -2.00. The van der Waals surface area contributed by atoms with Crippen molar-refractivity contribution in [2.24, 2.45) is 5.92 Å². The molecule has 0 aliphatic heterocycles. The Bertz CT molecular complexity index is 619. The lowest BCUT2D eigenvalue weighted by molar-refractivity contribution is 0.174. The number of ether oxygens (including phenoxy) is 2. The highest BCUT2D eigenvalue weighted by atomic mass is 16.5. The predicted octanol–water partition coefficient (Wildman–Crippen LogP) is 6.10. The summed E-state index contributed by atoms with van der Waals surface area (Å²) in [5, 5.41) is 9.05. The molecular weight excluding hydrogens is 336 g/mol. The number of aliphatic hydroxyl groups is 1. The molecule has 0 heterocycles. The zero-order valence-corrected chi connectivity index (χ0v) is 16.8. The Labute approximate surface area is 164 Å². The van der Waals surface area contributed by atoms with Crippen LogP contribution in [-0.4, -0.2) is 24.9 Å². The van der Waals surface area contributed by atoms with E-state index in [4.69, 9.17) is 14.6 Å². The summed E-state index contributed by atoms with van der Waals surface area (Å²) in [6, 6.07) is 16.3. The molecule has 0 aliphatic rings. The molecule has 0 fully saturated rings. The van der Waals surface area contributed by atoms with E-state index in [2.05, 4.69) is 31.2 Å². The van der Waals surface area contributed by atoms with Crippen LogP contribution in [0.5, 0.6) is 11.5 Å². The van der Waals surface area contributed by atoms with Gasteiger partial charge in [0.15, 0.2) is 0 Å². The van der Waals surface area contributed by atoms with E-state index in [1.165, 1.54) is 32.1 Å². The van der Waals surface area contributed by atoms with Gasteiger partial charge in [0.1, 0.15) is 11.5 Å². The summed E-state index contributed by atoms with van der Waals surface area (Å²) in [4.78, 5) is 0. The summed E-state index contributed by atoms with van der Waals surface area (Å²) in [6.45, 7) is 5.68. The van der Waals surface area contributed by atoms with Crippen LogP contribution in [0.15, 0.2) is 48.5 Å². The maximum absolute atomic E-state index is 9.05. The van der Waals surface area contributed by atoms with Crippen LogP contribution in [-0.2, 0) is 0 Å². The molecule has 0 amide bonds. The first-order chi connectivity index (χ1) is 13.2. The number of benzene rings is 2. The van der Waals surface area contributed by atoms with Crippen LogP contribution in [0.4, 0.5) is 0 Å². The minimum Gasteiger partial charge on any atom is -0.494 e. The number of unbranched alkanes of at least 4 members (excludes halogenated alkanes) is 5. The van der Waals surface area contributed by atoms with E-state index in [1.54, 1.807) is 0 Å². The number of hydrogen-bond donors (Lipinski definition) is 1. The standard InChI is InChI=1S/C24H34O3/c1-3-4-5-6-7-8-17-26-23-13-9-21(10-14-23)22-11-15-24(16-12-22)27-19-20(2)18-25/h9-16,20,25H,3-8,17-19H2,1-2H3/t20-/m1/s1. The first-order valence-electron chi connectivity index (χ1n) is 10.3. The second-order valence-corrected chi connectivity index (χ2v) is 7.26. The molecule has 148 valence electrons. The van der Waals surface area contributed by atoms with E-state index in [0.717, 1.165) is 35.7 Å². The van der Waals surface area contributed by atoms with Gasteiger partial charge in [0.05, 0.1) is 13.2 Å². The van der Waals surface area contributed by atoms with E-state index in [0.29, 0.717) is 6.61 Å². The Kier molecular flexibility index (Phi) is 9.78. The average molecular weight is 371 g/mol. The Balaban J connectivity index is 1.75. The topological polar surface area (TPSA) is 38.7 Å². The van der Waals surface area contributed by atoms with Crippen molar-refractivity contribution in [3.63, 3.8) is 0 Å². The van der Waals surface area contributed by atoms with Crippen LogP contribution >= 0.6 is 0 Å². The molecule has 0 saturated heterocycles. The third kappa shape index (κ3) is 8.04. The normalized spacial score (nSPS) is 12.0. The summed E-state index contributed by atoms with van der Waals surface area (Å²) >= 11 is 0. The molecule has 0 aliphatic carbocycles. The summed E-state index contributed by atoms with van der Waals surface area (Å²) in [7, 11) is 0.